The number of thiazole rings is 1. The van der Waals surface area contributed by atoms with Crippen molar-refractivity contribution in [2.75, 3.05) is 0 Å². The van der Waals surface area contributed by atoms with Gasteiger partial charge in [-0.25, -0.2) is 4.98 Å². The lowest BCUT2D eigenvalue weighted by molar-refractivity contribution is 0.0151. The van der Waals surface area contributed by atoms with Crippen LogP contribution in [-0.2, 0) is 4.74 Å². The molecule has 6 heteroatoms. The molecule has 4 nitrogen and oxygen atoms in total. The van der Waals surface area contributed by atoms with Gasteiger partial charge in [0.25, 0.3) is 0 Å². The van der Waals surface area contributed by atoms with E-state index < -0.39 is 18.3 Å². The fourth-order valence-corrected chi connectivity index (χ4v) is 3.41. The van der Waals surface area contributed by atoms with E-state index in [1.165, 1.54) is 11.3 Å². The molecule has 4 unspecified atom stereocenters. The van der Waals surface area contributed by atoms with Crippen LogP contribution in [0.2, 0.25) is 5.02 Å². The van der Waals surface area contributed by atoms with Crippen LogP contribution in [0.1, 0.15) is 18.0 Å². The van der Waals surface area contributed by atoms with Crippen molar-refractivity contribution in [2.24, 2.45) is 0 Å². The molecule has 0 spiro atoms. The van der Waals surface area contributed by atoms with E-state index in [1.807, 2.05) is 12.1 Å². The van der Waals surface area contributed by atoms with Crippen molar-refractivity contribution in [3.8, 4) is 0 Å². The molecule has 96 valence electrons. The number of hydrogen-bond acceptors (Lipinski definition) is 5. The second-order valence-electron chi connectivity index (χ2n) is 4.41. The van der Waals surface area contributed by atoms with Crippen molar-refractivity contribution >= 4 is 33.2 Å². The third kappa shape index (κ3) is 1.92. The highest BCUT2D eigenvalue weighted by Crippen LogP contribution is 2.37. The van der Waals surface area contributed by atoms with Crippen LogP contribution in [0, 0.1) is 0 Å². The molecule has 1 fully saturated rings. The molecule has 0 radical (unpaired) electrons. The fourth-order valence-electron chi connectivity index (χ4n) is 2.09. The van der Waals surface area contributed by atoms with Crippen molar-refractivity contribution in [3.05, 3.63) is 28.2 Å². The molecule has 2 N–H and O–H groups in total. The fraction of sp³-hybridized carbons (Fsp3) is 0.417. The van der Waals surface area contributed by atoms with Gasteiger partial charge in [-0.3, -0.25) is 0 Å². The normalized spacial score (nSPS) is 32.2. The van der Waals surface area contributed by atoms with Crippen LogP contribution in [0.3, 0.4) is 0 Å². The average Bonchev–Trinajstić information content (AvgIpc) is 2.85. The lowest BCUT2D eigenvalue weighted by atomic mass is 10.1. The zero-order chi connectivity index (χ0) is 12.9. The minimum absolute atomic E-state index is 0.388. The van der Waals surface area contributed by atoms with Crippen LogP contribution in [0.4, 0.5) is 0 Å². The Morgan fingerprint density at radius 2 is 2.11 bits per heavy atom. The first-order valence-electron chi connectivity index (χ1n) is 5.64. The van der Waals surface area contributed by atoms with Crippen molar-refractivity contribution < 1.29 is 14.9 Å². The number of aliphatic hydroxyl groups excluding tert-OH is 2. The number of ether oxygens (including phenoxy) is 1. The SMILES string of the molecule is CC1OC(c2nc3ccc(Cl)cc3s2)C(O)C1O. The monoisotopic (exact) mass is 285 g/mol. The van der Waals surface area contributed by atoms with Gasteiger partial charge in [-0.1, -0.05) is 11.6 Å². The molecule has 1 aromatic heterocycles. The van der Waals surface area contributed by atoms with E-state index >= 15 is 0 Å². The summed E-state index contributed by atoms with van der Waals surface area (Å²) in [6.45, 7) is 1.73. The lowest BCUT2D eigenvalue weighted by Gasteiger charge is -2.11. The van der Waals surface area contributed by atoms with Crippen LogP contribution in [0.5, 0.6) is 0 Å². The van der Waals surface area contributed by atoms with Gasteiger partial charge < -0.3 is 14.9 Å². The zero-order valence-corrected chi connectivity index (χ0v) is 11.1. The second-order valence-corrected chi connectivity index (χ2v) is 5.91. The Morgan fingerprint density at radius 3 is 2.78 bits per heavy atom. The van der Waals surface area contributed by atoms with E-state index in [0.717, 1.165) is 10.2 Å². The summed E-state index contributed by atoms with van der Waals surface area (Å²) in [6, 6.07) is 5.44. The Labute approximate surface area is 113 Å². The molecule has 4 atom stereocenters. The largest absolute Gasteiger partial charge is 0.388 e. The minimum Gasteiger partial charge on any atom is -0.388 e. The summed E-state index contributed by atoms with van der Waals surface area (Å²) in [4.78, 5) is 4.42. The van der Waals surface area contributed by atoms with Gasteiger partial charge in [0.1, 0.15) is 23.3 Å². The molecule has 2 heterocycles. The number of rotatable bonds is 1. The van der Waals surface area contributed by atoms with Crippen LogP contribution >= 0.6 is 22.9 Å². The van der Waals surface area contributed by atoms with Gasteiger partial charge in [-0.05, 0) is 25.1 Å². The molecule has 1 saturated heterocycles. The molecule has 18 heavy (non-hydrogen) atoms. The molecule has 0 bridgehead atoms. The number of hydrogen-bond donors (Lipinski definition) is 2. The van der Waals surface area contributed by atoms with Crippen molar-refractivity contribution in [1.29, 1.82) is 0 Å². The van der Waals surface area contributed by atoms with Crippen LogP contribution in [-0.4, -0.2) is 33.5 Å². The highest BCUT2D eigenvalue weighted by Gasteiger charge is 2.42. The molecule has 1 aliphatic rings. The van der Waals surface area contributed by atoms with Crippen molar-refractivity contribution in [3.63, 3.8) is 0 Å². The number of nitrogens with zero attached hydrogens (tertiary/aromatic N) is 1. The summed E-state index contributed by atoms with van der Waals surface area (Å²) in [6.07, 6.45) is -2.76. The van der Waals surface area contributed by atoms with Crippen molar-refractivity contribution in [2.45, 2.75) is 31.3 Å². The highest BCUT2D eigenvalue weighted by molar-refractivity contribution is 7.18. The average molecular weight is 286 g/mol. The van der Waals surface area contributed by atoms with Gasteiger partial charge in [0.2, 0.25) is 0 Å². The quantitative estimate of drug-likeness (QED) is 0.843. The molecule has 2 aromatic rings. The van der Waals surface area contributed by atoms with Crippen LogP contribution < -0.4 is 0 Å². The Bertz CT molecular complexity index is 588. The number of aliphatic hydroxyl groups is 2. The lowest BCUT2D eigenvalue weighted by Crippen LogP contribution is -2.28. The Morgan fingerprint density at radius 1 is 1.33 bits per heavy atom. The summed E-state index contributed by atoms with van der Waals surface area (Å²) in [5.74, 6) is 0. The van der Waals surface area contributed by atoms with Gasteiger partial charge in [0.15, 0.2) is 0 Å². The molecule has 0 amide bonds. The number of halogens is 1. The predicted molar refractivity (Wildman–Crippen MR) is 69.9 cm³/mol. The first-order chi connectivity index (χ1) is 8.56. The molecule has 1 aromatic carbocycles. The topological polar surface area (TPSA) is 62.6 Å². The third-order valence-corrected chi connectivity index (χ3v) is 4.43. The van der Waals surface area contributed by atoms with Gasteiger partial charge >= 0.3 is 0 Å². The summed E-state index contributed by atoms with van der Waals surface area (Å²) >= 11 is 7.35. The molecular weight excluding hydrogens is 274 g/mol. The highest BCUT2D eigenvalue weighted by atomic mass is 35.5. The summed E-state index contributed by atoms with van der Waals surface area (Å²) in [7, 11) is 0. The second kappa shape index (κ2) is 4.43. The van der Waals surface area contributed by atoms with Gasteiger partial charge in [-0.2, -0.15) is 0 Å². The summed E-state index contributed by atoms with van der Waals surface area (Å²) in [5, 5.41) is 20.9. The van der Waals surface area contributed by atoms with Crippen LogP contribution in [0.15, 0.2) is 18.2 Å². The molecule has 3 rings (SSSR count). The first-order valence-corrected chi connectivity index (χ1v) is 6.83. The number of aromatic nitrogens is 1. The maximum Gasteiger partial charge on any atom is 0.138 e. The standard InChI is InChI=1S/C12H12ClNO3S/c1-5-9(15)10(16)11(17-5)12-14-7-3-2-6(13)4-8(7)18-12/h2-5,9-11,15-16H,1H3. The zero-order valence-electron chi connectivity index (χ0n) is 9.58. The first kappa shape index (κ1) is 12.3. The van der Waals surface area contributed by atoms with Gasteiger partial charge in [-0.15, -0.1) is 11.3 Å². The smallest absolute Gasteiger partial charge is 0.138 e. The molecular formula is C12H12ClNO3S. The minimum atomic E-state index is -0.934. The third-order valence-electron chi connectivity index (χ3n) is 3.11. The number of fused-ring (bicyclic) bond motifs is 1. The van der Waals surface area contributed by atoms with Crippen molar-refractivity contribution in [1.82, 2.24) is 4.98 Å². The number of benzene rings is 1. The van der Waals surface area contributed by atoms with E-state index in [4.69, 9.17) is 16.3 Å². The Balaban J connectivity index is 2.00. The summed E-state index contributed by atoms with van der Waals surface area (Å²) in [5.41, 5.74) is 0.823. The maximum atomic E-state index is 9.93. The maximum absolute atomic E-state index is 9.93. The molecule has 0 saturated carbocycles. The van der Waals surface area contributed by atoms with E-state index in [9.17, 15) is 10.2 Å². The predicted octanol–water partition coefficient (Wildman–Crippen LogP) is 2.13. The van der Waals surface area contributed by atoms with E-state index in [2.05, 4.69) is 4.98 Å². The van der Waals surface area contributed by atoms with E-state index in [1.54, 1.807) is 13.0 Å². The molecule has 0 aliphatic carbocycles. The van der Waals surface area contributed by atoms with E-state index in [-0.39, 0.29) is 6.10 Å². The van der Waals surface area contributed by atoms with E-state index in [0.29, 0.717) is 10.0 Å². The van der Waals surface area contributed by atoms with Crippen LogP contribution in [0.25, 0.3) is 10.2 Å². The molecule has 1 aliphatic heterocycles. The van der Waals surface area contributed by atoms with Gasteiger partial charge in [0.05, 0.1) is 16.3 Å². The van der Waals surface area contributed by atoms with Gasteiger partial charge in [0, 0.05) is 5.02 Å². The summed E-state index contributed by atoms with van der Waals surface area (Å²) < 4.78 is 6.49. The Hall–Kier alpha value is -0.720. The Kier molecular flexibility index (Phi) is 3.03.